The van der Waals surface area contributed by atoms with Gasteiger partial charge in [-0.25, -0.2) is 4.68 Å². The lowest BCUT2D eigenvalue weighted by Crippen LogP contribution is -2.23. The van der Waals surface area contributed by atoms with Crippen molar-refractivity contribution in [3.63, 3.8) is 0 Å². The van der Waals surface area contributed by atoms with Crippen LogP contribution in [0.1, 0.15) is 12.0 Å². The molecule has 0 unspecified atom stereocenters. The SMILES string of the molecule is O=C(CCn1ccc2ccccc21)NCc1cnn(-c2ccccc2)c1. The molecule has 0 aliphatic heterocycles. The zero-order chi connectivity index (χ0) is 17.8. The molecule has 0 aliphatic rings. The largest absolute Gasteiger partial charge is 0.352 e. The highest BCUT2D eigenvalue weighted by Crippen LogP contribution is 2.15. The molecular formula is C21H20N4O. The van der Waals surface area contributed by atoms with Gasteiger partial charge in [-0.15, -0.1) is 0 Å². The minimum absolute atomic E-state index is 0.0373. The van der Waals surface area contributed by atoms with Crippen molar-refractivity contribution in [1.29, 1.82) is 0 Å². The van der Waals surface area contributed by atoms with Crippen LogP contribution in [0.2, 0.25) is 0 Å². The maximum atomic E-state index is 12.2. The van der Waals surface area contributed by atoms with Crippen LogP contribution >= 0.6 is 0 Å². The van der Waals surface area contributed by atoms with E-state index >= 15 is 0 Å². The molecule has 1 amide bonds. The van der Waals surface area contributed by atoms with Gasteiger partial charge in [0.15, 0.2) is 0 Å². The summed E-state index contributed by atoms with van der Waals surface area (Å²) in [4.78, 5) is 12.2. The molecule has 130 valence electrons. The summed E-state index contributed by atoms with van der Waals surface area (Å²) in [7, 11) is 0. The first-order valence-corrected chi connectivity index (χ1v) is 8.69. The number of aromatic nitrogens is 3. The van der Waals surface area contributed by atoms with Gasteiger partial charge in [-0.05, 0) is 29.7 Å². The quantitative estimate of drug-likeness (QED) is 0.582. The van der Waals surface area contributed by atoms with Gasteiger partial charge in [-0.2, -0.15) is 5.10 Å². The molecule has 0 atom stereocenters. The van der Waals surface area contributed by atoms with Gasteiger partial charge in [0, 0.05) is 43.0 Å². The minimum atomic E-state index is 0.0373. The molecule has 1 N–H and O–H groups in total. The summed E-state index contributed by atoms with van der Waals surface area (Å²) >= 11 is 0. The predicted octanol–water partition coefficient (Wildman–Crippen LogP) is 3.53. The van der Waals surface area contributed by atoms with E-state index in [1.165, 1.54) is 5.39 Å². The monoisotopic (exact) mass is 344 g/mol. The summed E-state index contributed by atoms with van der Waals surface area (Å²) in [5.41, 5.74) is 3.14. The second kappa shape index (κ2) is 7.27. The first-order valence-electron chi connectivity index (χ1n) is 8.69. The molecule has 5 nitrogen and oxygen atoms in total. The van der Waals surface area contributed by atoms with E-state index < -0.39 is 0 Å². The fourth-order valence-corrected chi connectivity index (χ4v) is 3.02. The Morgan fingerprint density at radius 1 is 1.00 bits per heavy atom. The smallest absolute Gasteiger partial charge is 0.222 e. The Labute approximate surface area is 151 Å². The lowest BCUT2D eigenvalue weighted by Gasteiger charge is -2.06. The topological polar surface area (TPSA) is 51.9 Å². The van der Waals surface area contributed by atoms with Crippen LogP contribution in [0, 0.1) is 0 Å². The molecule has 0 fully saturated rings. The number of fused-ring (bicyclic) bond motifs is 1. The molecule has 2 aromatic carbocycles. The van der Waals surface area contributed by atoms with Crippen molar-refractivity contribution < 1.29 is 4.79 Å². The Morgan fingerprint density at radius 3 is 2.69 bits per heavy atom. The molecule has 0 radical (unpaired) electrons. The third-order valence-corrected chi connectivity index (χ3v) is 4.41. The Hall–Kier alpha value is -3.34. The summed E-state index contributed by atoms with van der Waals surface area (Å²) in [6.07, 6.45) is 6.20. The van der Waals surface area contributed by atoms with Crippen LogP contribution < -0.4 is 5.32 Å². The Kier molecular flexibility index (Phi) is 4.51. The zero-order valence-electron chi connectivity index (χ0n) is 14.4. The predicted molar refractivity (Wildman–Crippen MR) is 102 cm³/mol. The van der Waals surface area contributed by atoms with E-state index in [2.05, 4.69) is 33.2 Å². The average molecular weight is 344 g/mol. The number of benzene rings is 2. The number of hydrogen-bond acceptors (Lipinski definition) is 2. The standard InChI is InChI=1S/C21H20N4O/c26-21(11-13-24-12-10-18-6-4-5-9-20(18)24)22-14-17-15-23-25(16-17)19-7-2-1-3-8-19/h1-10,12,15-16H,11,13-14H2,(H,22,26). The minimum Gasteiger partial charge on any atom is -0.352 e. The van der Waals surface area contributed by atoms with E-state index in [1.54, 1.807) is 6.20 Å². The Morgan fingerprint density at radius 2 is 1.81 bits per heavy atom. The Bertz CT molecular complexity index is 1020. The van der Waals surface area contributed by atoms with Gasteiger partial charge in [0.25, 0.3) is 0 Å². The molecule has 0 spiro atoms. The van der Waals surface area contributed by atoms with Gasteiger partial charge in [-0.1, -0.05) is 36.4 Å². The second-order valence-electron chi connectivity index (χ2n) is 6.22. The maximum absolute atomic E-state index is 12.2. The summed E-state index contributed by atoms with van der Waals surface area (Å²) in [5, 5.41) is 8.51. The van der Waals surface area contributed by atoms with E-state index in [0.717, 1.165) is 16.8 Å². The number of rotatable bonds is 6. The number of nitrogens with one attached hydrogen (secondary N) is 1. The molecule has 2 heterocycles. The summed E-state index contributed by atoms with van der Waals surface area (Å²) in [6, 6.07) is 20.2. The summed E-state index contributed by atoms with van der Waals surface area (Å²) in [5.74, 6) is 0.0373. The van der Waals surface area contributed by atoms with Crippen LogP contribution in [-0.2, 0) is 17.9 Å². The number of hydrogen-bond donors (Lipinski definition) is 1. The molecule has 2 aromatic heterocycles. The van der Waals surface area contributed by atoms with E-state index in [4.69, 9.17) is 0 Å². The van der Waals surface area contributed by atoms with Crippen molar-refractivity contribution in [3.8, 4) is 5.69 Å². The van der Waals surface area contributed by atoms with Crippen LogP contribution in [0.3, 0.4) is 0 Å². The molecule has 5 heteroatoms. The molecule has 0 saturated heterocycles. The number of carbonyl (C=O) groups excluding carboxylic acids is 1. The fraction of sp³-hybridized carbons (Fsp3) is 0.143. The lowest BCUT2D eigenvalue weighted by atomic mass is 10.2. The number of carbonyl (C=O) groups is 1. The summed E-state index contributed by atoms with van der Waals surface area (Å²) < 4.78 is 3.93. The molecule has 4 aromatic rings. The first kappa shape index (κ1) is 16.1. The van der Waals surface area contributed by atoms with Gasteiger partial charge < -0.3 is 9.88 Å². The molecular weight excluding hydrogens is 324 g/mol. The van der Waals surface area contributed by atoms with Crippen LogP contribution in [0.15, 0.2) is 79.3 Å². The van der Waals surface area contributed by atoms with E-state index in [0.29, 0.717) is 19.5 Å². The van der Waals surface area contributed by atoms with E-state index in [1.807, 2.05) is 59.5 Å². The first-order chi connectivity index (χ1) is 12.8. The average Bonchev–Trinajstić information content (AvgIpc) is 3.33. The van der Waals surface area contributed by atoms with Crippen molar-refractivity contribution in [2.75, 3.05) is 0 Å². The van der Waals surface area contributed by atoms with E-state index in [9.17, 15) is 4.79 Å². The molecule has 0 aliphatic carbocycles. The molecule has 0 saturated carbocycles. The van der Waals surface area contributed by atoms with Crippen molar-refractivity contribution >= 4 is 16.8 Å². The van der Waals surface area contributed by atoms with Crippen LogP contribution in [0.5, 0.6) is 0 Å². The highest BCUT2D eigenvalue weighted by atomic mass is 16.1. The fourth-order valence-electron chi connectivity index (χ4n) is 3.02. The molecule has 0 bridgehead atoms. The number of aryl methyl sites for hydroxylation is 1. The van der Waals surface area contributed by atoms with Crippen LogP contribution in [0.25, 0.3) is 16.6 Å². The van der Waals surface area contributed by atoms with Gasteiger partial charge >= 0.3 is 0 Å². The van der Waals surface area contributed by atoms with Gasteiger partial charge in [0.05, 0.1) is 11.9 Å². The number of para-hydroxylation sites is 2. The Balaban J connectivity index is 1.31. The van der Waals surface area contributed by atoms with Crippen molar-refractivity contribution in [3.05, 3.63) is 84.8 Å². The maximum Gasteiger partial charge on any atom is 0.222 e. The van der Waals surface area contributed by atoms with Gasteiger partial charge in [-0.3, -0.25) is 4.79 Å². The van der Waals surface area contributed by atoms with Crippen molar-refractivity contribution in [1.82, 2.24) is 19.7 Å². The van der Waals surface area contributed by atoms with Crippen LogP contribution in [0.4, 0.5) is 0 Å². The third-order valence-electron chi connectivity index (χ3n) is 4.41. The van der Waals surface area contributed by atoms with Gasteiger partial charge in [0.1, 0.15) is 0 Å². The normalized spacial score (nSPS) is 10.9. The molecule has 4 rings (SSSR count). The second-order valence-corrected chi connectivity index (χ2v) is 6.22. The van der Waals surface area contributed by atoms with Crippen molar-refractivity contribution in [2.24, 2.45) is 0 Å². The van der Waals surface area contributed by atoms with Gasteiger partial charge in [0.2, 0.25) is 5.91 Å². The summed E-state index contributed by atoms with van der Waals surface area (Å²) in [6.45, 7) is 1.15. The number of amides is 1. The highest BCUT2D eigenvalue weighted by Gasteiger charge is 2.06. The van der Waals surface area contributed by atoms with E-state index in [-0.39, 0.29) is 5.91 Å². The zero-order valence-corrected chi connectivity index (χ0v) is 14.4. The van der Waals surface area contributed by atoms with Crippen molar-refractivity contribution in [2.45, 2.75) is 19.5 Å². The molecule has 26 heavy (non-hydrogen) atoms. The highest BCUT2D eigenvalue weighted by molar-refractivity contribution is 5.80. The van der Waals surface area contributed by atoms with Crippen LogP contribution in [-0.4, -0.2) is 20.3 Å². The lowest BCUT2D eigenvalue weighted by molar-refractivity contribution is -0.121. The number of nitrogens with zero attached hydrogens (tertiary/aromatic N) is 3. The third kappa shape index (κ3) is 3.52.